The summed E-state index contributed by atoms with van der Waals surface area (Å²) in [6.07, 6.45) is 3.22. The number of fused-ring (bicyclic) bond motifs is 1. The van der Waals surface area contributed by atoms with Gasteiger partial charge in [0.15, 0.2) is 0 Å². The topological polar surface area (TPSA) is 47.6 Å². The molecule has 1 aliphatic heterocycles. The standard InChI is InChI=1S/C22H27NO3S/c1-3-22(4-2)19-16-17(12-13-20(19)23-21(24)26-22)25-14-8-9-15-27-18-10-6-5-7-11-18/h5-7,10-13,16H,3-4,8-9,14-15H2,1-2H3,(H,23,24). The minimum Gasteiger partial charge on any atom is -0.494 e. The van der Waals surface area contributed by atoms with Gasteiger partial charge in [-0.2, -0.15) is 0 Å². The minimum atomic E-state index is -0.566. The van der Waals surface area contributed by atoms with Crippen molar-refractivity contribution >= 4 is 23.5 Å². The second-order valence-corrected chi connectivity index (χ2v) is 7.81. The SMILES string of the molecule is CCC1(CC)OC(=O)Nc2ccc(OCCCCSc3ccccc3)cc21. The molecule has 144 valence electrons. The molecule has 0 atom stereocenters. The van der Waals surface area contributed by atoms with Crippen molar-refractivity contribution < 1.29 is 14.3 Å². The van der Waals surface area contributed by atoms with E-state index in [0.29, 0.717) is 6.61 Å². The molecule has 0 radical (unpaired) electrons. The van der Waals surface area contributed by atoms with Crippen molar-refractivity contribution in [2.75, 3.05) is 17.7 Å². The van der Waals surface area contributed by atoms with E-state index in [1.165, 1.54) is 4.90 Å². The van der Waals surface area contributed by atoms with Gasteiger partial charge in [0.1, 0.15) is 11.4 Å². The Balaban J connectivity index is 1.52. The Morgan fingerprint density at radius 1 is 1.07 bits per heavy atom. The van der Waals surface area contributed by atoms with Gasteiger partial charge >= 0.3 is 6.09 Å². The zero-order valence-corrected chi connectivity index (χ0v) is 16.8. The lowest BCUT2D eigenvalue weighted by molar-refractivity contribution is 0.00453. The van der Waals surface area contributed by atoms with Crippen molar-refractivity contribution in [1.82, 2.24) is 0 Å². The number of cyclic esters (lactones) is 1. The number of anilines is 1. The molecule has 1 aliphatic rings. The van der Waals surface area contributed by atoms with E-state index < -0.39 is 5.60 Å². The highest BCUT2D eigenvalue weighted by molar-refractivity contribution is 7.99. The largest absolute Gasteiger partial charge is 0.494 e. The van der Waals surface area contributed by atoms with Crippen LogP contribution in [0.1, 0.15) is 45.1 Å². The first-order chi connectivity index (χ1) is 13.2. The molecule has 0 spiro atoms. The summed E-state index contributed by atoms with van der Waals surface area (Å²) in [5.41, 5.74) is 1.26. The fourth-order valence-corrected chi connectivity index (χ4v) is 4.28. The molecule has 1 amide bonds. The molecule has 4 nitrogen and oxygen atoms in total. The normalized spacial score (nSPS) is 14.8. The third-order valence-corrected chi connectivity index (χ3v) is 6.07. The molecular weight excluding hydrogens is 358 g/mol. The fraction of sp³-hybridized carbons (Fsp3) is 0.409. The van der Waals surface area contributed by atoms with Gasteiger partial charge in [0.05, 0.1) is 12.3 Å². The van der Waals surface area contributed by atoms with Crippen LogP contribution in [0.15, 0.2) is 53.4 Å². The summed E-state index contributed by atoms with van der Waals surface area (Å²) in [7, 11) is 0. The van der Waals surface area contributed by atoms with Crippen LogP contribution < -0.4 is 10.1 Å². The summed E-state index contributed by atoms with van der Waals surface area (Å²) in [4.78, 5) is 13.2. The number of carbonyl (C=O) groups is 1. The number of benzene rings is 2. The maximum atomic E-state index is 11.9. The van der Waals surface area contributed by atoms with Crippen LogP contribution in [0.5, 0.6) is 5.75 Å². The molecule has 0 bridgehead atoms. The average Bonchev–Trinajstić information content (AvgIpc) is 2.70. The Kier molecular flexibility index (Phi) is 6.67. The first-order valence-electron chi connectivity index (χ1n) is 9.62. The van der Waals surface area contributed by atoms with E-state index in [-0.39, 0.29) is 6.09 Å². The summed E-state index contributed by atoms with van der Waals surface area (Å²) in [6, 6.07) is 16.3. The maximum absolute atomic E-state index is 11.9. The molecule has 5 heteroatoms. The number of carbonyl (C=O) groups excluding carboxylic acids is 1. The highest BCUT2D eigenvalue weighted by Crippen LogP contribution is 2.42. The first kappa shape index (κ1) is 19.6. The number of thioether (sulfide) groups is 1. The van der Waals surface area contributed by atoms with Gasteiger partial charge in [-0.3, -0.25) is 5.32 Å². The van der Waals surface area contributed by atoms with Crippen LogP contribution in [-0.4, -0.2) is 18.5 Å². The van der Waals surface area contributed by atoms with Gasteiger partial charge in [0, 0.05) is 10.5 Å². The highest BCUT2D eigenvalue weighted by atomic mass is 32.2. The van der Waals surface area contributed by atoms with E-state index in [2.05, 4.69) is 29.6 Å². The number of unbranched alkanes of at least 4 members (excludes halogenated alkanes) is 1. The predicted octanol–water partition coefficient (Wildman–Crippen LogP) is 6.22. The Hall–Kier alpha value is -2.14. The van der Waals surface area contributed by atoms with Gasteiger partial charge in [0.25, 0.3) is 0 Å². The van der Waals surface area contributed by atoms with Gasteiger partial charge in [0.2, 0.25) is 0 Å². The Bertz CT molecular complexity index is 759. The molecule has 0 saturated heterocycles. The zero-order valence-electron chi connectivity index (χ0n) is 16.0. The molecule has 2 aromatic carbocycles. The van der Waals surface area contributed by atoms with E-state index in [1.54, 1.807) is 0 Å². The van der Waals surface area contributed by atoms with Crippen molar-refractivity contribution in [3.8, 4) is 5.75 Å². The quantitative estimate of drug-likeness (QED) is 0.411. The molecule has 3 rings (SSSR count). The Morgan fingerprint density at radius 2 is 1.85 bits per heavy atom. The van der Waals surface area contributed by atoms with Gasteiger partial charge in [-0.1, -0.05) is 32.0 Å². The van der Waals surface area contributed by atoms with Gasteiger partial charge in [-0.15, -0.1) is 11.8 Å². The van der Waals surface area contributed by atoms with E-state index in [0.717, 1.165) is 48.4 Å². The summed E-state index contributed by atoms with van der Waals surface area (Å²) in [5, 5.41) is 2.79. The smallest absolute Gasteiger partial charge is 0.412 e. The first-order valence-corrected chi connectivity index (χ1v) is 10.6. The van der Waals surface area contributed by atoms with Crippen LogP contribution in [0.3, 0.4) is 0 Å². The molecule has 0 aliphatic carbocycles. The number of nitrogens with one attached hydrogen (secondary N) is 1. The number of hydrogen-bond acceptors (Lipinski definition) is 4. The molecule has 27 heavy (non-hydrogen) atoms. The number of ether oxygens (including phenoxy) is 2. The van der Waals surface area contributed by atoms with Crippen LogP contribution in [0, 0.1) is 0 Å². The lowest BCUT2D eigenvalue weighted by atomic mass is 9.86. The molecule has 1 N–H and O–H groups in total. The van der Waals surface area contributed by atoms with Crippen molar-refractivity contribution in [3.63, 3.8) is 0 Å². The van der Waals surface area contributed by atoms with Gasteiger partial charge in [-0.25, -0.2) is 4.79 Å². The third-order valence-electron chi connectivity index (χ3n) is 4.97. The summed E-state index contributed by atoms with van der Waals surface area (Å²) in [6.45, 7) is 4.78. The molecule has 0 aromatic heterocycles. The van der Waals surface area contributed by atoms with Crippen molar-refractivity contribution in [1.29, 1.82) is 0 Å². The van der Waals surface area contributed by atoms with Crippen molar-refractivity contribution in [2.45, 2.75) is 50.0 Å². The molecule has 2 aromatic rings. The average molecular weight is 386 g/mol. The highest BCUT2D eigenvalue weighted by Gasteiger charge is 2.39. The summed E-state index contributed by atoms with van der Waals surface area (Å²) >= 11 is 1.88. The second kappa shape index (κ2) is 9.18. The molecule has 0 unspecified atom stereocenters. The molecule has 0 fully saturated rings. The monoisotopic (exact) mass is 385 g/mol. The Morgan fingerprint density at radius 3 is 2.59 bits per heavy atom. The molecule has 0 saturated carbocycles. The fourth-order valence-electron chi connectivity index (χ4n) is 3.34. The van der Waals surface area contributed by atoms with E-state index in [9.17, 15) is 4.79 Å². The predicted molar refractivity (Wildman–Crippen MR) is 111 cm³/mol. The second-order valence-electron chi connectivity index (χ2n) is 6.64. The third kappa shape index (κ3) is 4.78. The minimum absolute atomic E-state index is 0.379. The number of rotatable bonds is 9. The van der Waals surface area contributed by atoms with E-state index >= 15 is 0 Å². The van der Waals surface area contributed by atoms with Crippen molar-refractivity contribution in [2.24, 2.45) is 0 Å². The van der Waals surface area contributed by atoms with Gasteiger partial charge < -0.3 is 9.47 Å². The van der Waals surface area contributed by atoms with Crippen LogP contribution in [0.25, 0.3) is 0 Å². The zero-order chi connectivity index (χ0) is 19.1. The van der Waals surface area contributed by atoms with Crippen LogP contribution >= 0.6 is 11.8 Å². The molecular formula is C22H27NO3S. The molecule has 1 heterocycles. The van der Waals surface area contributed by atoms with E-state index in [1.807, 2.05) is 49.9 Å². The Labute approximate surface area is 165 Å². The van der Waals surface area contributed by atoms with Crippen LogP contribution in [0.2, 0.25) is 0 Å². The summed E-state index contributed by atoms with van der Waals surface area (Å²) in [5.74, 6) is 1.92. The van der Waals surface area contributed by atoms with Crippen LogP contribution in [-0.2, 0) is 10.3 Å². The summed E-state index contributed by atoms with van der Waals surface area (Å²) < 4.78 is 11.6. The van der Waals surface area contributed by atoms with Crippen LogP contribution in [0.4, 0.5) is 10.5 Å². The number of amides is 1. The van der Waals surface area contributed by atoms with Crippen molar-refractivity contribution in [3.05, 3.63) is 54.1 Å². The lowest BCUT2D eigenvalue weighted by Gasteiger charge is -2.37. The van der Waals surface area contributed by atoms with Gasteiger partial charge in [-0.05, 0) is 61.8 Å². The maximum Gasteiger partial charge on any atom is 0.412 e. The van der Waals surface area contributed by atoms with E-state index in [4.69, 9.17) is 9.47 Å². The lowest BCUT2D eigenvalue weighted by Crippen LogP contribution is -2.38. The number of hydrogen-bond donors (Lipinski definition) is 1.